The van der Waals surface area contributed by atoms with Gasteiger partial charge in [-0.2, -0.15) is 0 Å². The molecule has 45 heavy (non-hydrogen) atoms. The van der Waals surface area contributed by atoms with Crippen LogP contribution >= 0.6 is 11.6 Å². The second kappa shape index (κ2) is 12.5. The number of fused-ring (bicyclic) bond motifs is 6. The number of anilines is 2. The lowest BCUT2D eigenvalue weighted by Crippen LogP contribution is -2.08. The summed E-state index contributed by atoms with van der Waals surface area (Å²) in [4.78, 5) is 41.3. The number of ether oxygens (including phenoxy) is 2. The smallest absolute Gasteiger partial charge is 0.340 e. The number of esters is 2. The van der Waals surface area contributed by atoms with Gasteiger partial charge in [0.15, 0.2) is 11.0 Å². The monoisotopic (exact) mass is 625 g/mol. The van der Waals surface area contributed by atoms with E-state index in [1.54, 1.807) is 90.2 Å². The lowest BCUT2D eigenvalue weighted by Gasteiger charge is -2.12. The Kier molecular flexibility index (Phi) is 8.21. The van der Waals surface area contributed by atoms with E-state index in [-0.39, 0.29) is 12.3 Å². The van der Waals surface area contributed by atoms with Crippen LogP contribution in [0.1, 0.15) is 34.6 Å². The zero-order valence-electron chi connectivity index (χ0n) is 24.1. The van der Waals surface area contributed by atoms with Gasteiger partial charge in [-0.1, -0.05) is 35.9 Å². The van der Waals surface area contributed by atoms with Crippen molar-refractivity contribution >= 4 is 68.1 Å². The summed E-state index contributed by atoms with van der Waals surface area (Å²) in [6.07, 6.45) is 6.53. The van der Waals surface area contributed by atoms with Gasteiger partial charge in [-0.3, -0.25) is 8.80 Å². The van der Waals surface area contributed by atoms with Crippen LogP contribution in [0.25, 0.3) is 33.1 Å². The molecule has 0 saturated heterocycles. The molecule has 0 aliphatic rings. The lowest BCUT2D eigenvalue weighted by atomic mass is 10.1. The predicted molar refractivity (Wildman–Crippen MR) is 168 cm³/mol. The highest BCUT2D eigenvalue weighted by atomic mass is 35.5. The molecule has 226 valence electrons. The van der Waals surface area contributed by atoms with Gasteiger partial charge in [0.25, 0.3) is 0 Å². The number of nitrogens with one attached hydrogen (secondary N) is 1. The number of carbonyl (C=O) groups is 2. The fourth-order valence-corrected chi connectivity index (χ4v) is 5.07. The Morgan fingerprint density at radius 2 is 1.31 bits per heavy atom. The van der Waals surface area contributed by atoms with E-state index in [4.69, 9.17) is 21.1 Å². The zero-order chi connectivity index (χ0) is 31.5. The van der Waals surface area contributed by atoms with E-state index in [9.17, 15) is 14.0 Å². The van der Waals surface area contributed by atoms with Crippen LogP contribution in [0, 0.1) is 5.82 Å². The van der Waals surface area contributed by atoms with Gasteiger partial charge in [0.1, 0.15) is 27.9 Å². The van der Waals surface area contributed by atoms with E-state index < -0.39 is 17.8 Å². The van der Waals surface area contributed by atoms with Crippen LogP contribution < -0.4 is 5.32 Å². The minimum atomic E-state index is -0.457. The van der Waals surface area contributed by atoms with Crippen molar-refractivity contribution in [3.63, 3.8) is 0 Å². The van der Waals surface area contributed by atoms with Crippen molar-refractivity contribution in [2.24, 2.45) is 0 Å². The molecule has 0 aliphatic heterocycles. The summed E-state index contributed by atoms with van der Waals surface area (Å²) < 4.78 is 27.8. The second-order valence-electron chi connectivity index (χ2n) is 9.55. The minimum Gasteiger partial charge on any atom is -0.462 e. The maximum absolute atomic E-state index is 14.0. The van der Waals surface area contributed by atoms with Gasteiger partial charge in [-0.05, 0) is 50.2 Å². The van der Waals surface area contributed by atoms with Crippen molar-refractivity contribution in [1.82, 2.24) is 28.7 Å². The van der Waals surface area contributed by atoms with Crippen molar-refractivity contribution in [3.05, 3.63) is 108 Å². The van der Waals surface area contributed by atoms with Crippen molar-refractivity contribution < 1.29 is 23.5 Å². The quantitative estimate of drug-likeness (QED) is 0.202. The minimum absolute atomic E-state index is 0.267. The number of para-hydroxylation sites is 3. The third kappa shape index (κ3) is 5.58. The summed E-state index contributed by atoms with van der Waals surface area (Å²) in [5, 5.41) is 3.30. The summed E-state index contributed by atoms with van der Waals surface area (Å²) in [5.74, 6) is -0.861. The van der Waals surface area contributed by atoms with E-state index in [2.05, 4.69) is 25.3 Å². The standard InChI is InChI=1S/C19H15FN4O2.C13H10ClN3O2/c1-2-26-19(25)12-6-5-9-15-17(12)23-18(16-10-21-11-24(15)16)22-14-8-4-3-7-13(14)20;1-2-19-13(18)8-4-3-5-9-11(8)16-12(14)10-6-15-7-17(9)10/h3-11H,2H2,1H3,(H,22,23);3-7H,2H2,1H3. The average molecular weight is 626 g/mol. The molecule has 11 nitrogen and oxygen atoms in total. The fourth-order valence-electron chi connectivity index (χ4n) is 4.84. The molecule has 3 aromatic carbocycles. The van der Waals surface area contributed by atoms with Gasteiger partial charge >= 0.3 is 11.9 Å². The SMILES string of the molecule is CCOC(=O)c1cccc2c1nc(Cl)c1cncn12.CCOC(=O)c1cccc2c1nc(Nc1ccccc1F)c1cncn12. The summed E-state index contributed by atoms with van der Waals surface area (Å²) in [5.41, 5.74) is 4.85. The van der Waals surface area contributed by atoms with Crippen LogP contribution in [-0.2, 0) is 9.47 Å². The third-order valence-electron chi connectivity index (χ3n) is 6.83. The number of hydrogen-bond acceptors (Lipinski definition) is 9. The van der Waals surface area contributed by atoms with E-state index >= 15 is 0 Å². The number of carbonyl (C=O) groups excluding carboxylic acids is 2. The van der Waals surface area contributed by atoms with Gasteiger partial charge in [0, 0.05) is 0 Å². The van der Waals surface area contributed by atoms with Crippen LogP contribution in [-0.4, -0.2) is 53.9 Å². The molecule has 13 heteroatoms. The van der Waals surface area contributed by atoms with Crippen LogP contribution in [0.2, 0.25) is 5.15 Å². The Labute approximate surface area is 260 Å². The zero-order valence-corrected chi connectivity index (χ0v) is 24.8. The van der Waals surface area contributed by atoms with Crippen molar-refractivity contribution in [2.45, 2.75) is 13.8 Å². The van der Waals surface area contributed by atoms with Gasteiger partial charge in [-0.15, -0.1) is 0 Å². The molecule has 7 aromatic rings. The van der Waals surface area contributed by atoms with Crippen LogP contribution in [0.15, 0.2) is 85.7 Å². The highest BCUT2D eigenvalue weighted by Gasteiger charge is 2.18. The maximum atomic E-state index is 14.0. The van der Waals surface area contributed by atoms with Gasteiger partial charge in [0.05, 0.1) is 66.1 Å². The lowest BCUT2D eigenvalue weighted by molar-refractivity contribution is 0.0518. The molecule has 0 aliphatic carbocycles. The summed E-state index contributed by atoms with van der Waals surface area (Å²) in [6, 6.07) is 16.9. The molecule has 0 atom stereocenters. The highest BCUT2D eigenvalue weighted by Crippen LogP contribution is 2.28. The number of imidazole rings is 2. The molecule has 0 spiro atoms. The molecule has 4 aromatic heterocycles. The van der Waals surface area contributed by atoms with E-state index in [1.807, 2.05) is 12.1 Å². The Morgan fingerprint density at radius 3 is 1.91 bits per heavy atom. The molecular weight excluding hydrogens is 601 g/mol. The summed E-state index contributed by atoms with van der Waals surface area (Å²) in [6.45, 7) is 4.09. The van der Waals surface area contributed by atoms with Gasteiger partial charge in [0.2, 0.25) is 0 Å². The normalized spacial score (nSPS) is 11.0. The first-order valence-electron chi connectivity index (χ1n) is 13.9. The van der Waals surface area contributed by atoms with Crippen molar-refractivity contribution in [1.29, 1.82) is 0 Å². The molecular formula is C32H25ClFN7O4. The molecule has 0 unspecified atom stereocenters. The summed E-state index contributed by atoms with van der Waals surface area (Å²) >= 11 is 6.11. The van der Waals surface area contributed by atoms with E-state index in [1.165, 1.54) is 6.07 Å². The van der Waals surface area contributed by atoms with Crippen molar-refractivity contribution in [2.75, 3.05) is 18.5 Å². The number of aromatic nitrogens is 6. The molecule has 0 bridgehead atoms. The van der Waals surface area contributed by atoms with Crippen LogP contribution in [0.4, 0.5) is 15.9 Å². The average Bonchev–Trinajstić information content (AvgIpc) is 3.74. The Balaban J connectivity index is 0.000000167. The Morgan fingerprint density at radius 1 is 0.756 bits per heavy atom. The maximum Gasteiger partial charge on any atom is 0.340 e. The van der Waals surface area contributed by atoms with E-state index in [0.29, 0.717) is 56.3 Å². The predicted octanol–water partition coefficient (Wildman–Crippen LogP) is 6.65. The molecule has 0 radical (unpaired) electrons. The first-order valence-corrected chi connectivity index (χ1v) is 14.3. The first-order chi connectivity index (χ1) is 21.9. The first kappa shape index (κ1) is 29.5. The number of nitrogens with zero attached hydrogens (tertiary/aromatic N) is 6. The second-order valence-corrected chi connectivity index (χ2v) is 9.91. The number of hydrogen-bond donors (Lipinski definition) is 1. The molecule has 4 heterocycles. The van der Waals surface area contributed by atoms with E-state index in [0.717, 1.165) is 5.52 Å². The highest BCUT2D eigenvalue weighted by molar-refractivity contribution is 6.33. The fraction of sp³-hybridized carbons (Fsp3) is 0.125. The molecule has 0 amide bonds. The summed E-state index contributed by atoms with van der Waals surface area (Å²) in [7, 11) is 0. The molecule has 0 saturated carbocycles. The largest absolute Gasteiger partial charge is 0.462 e. The Bertz CT molecular complexity index is 2220. The molecule has 1 N–H and O–H groups in total. The van der Waals surface area contributed by atoms with Crippen molar-refractivity contribution in [3.8, 4) is 0 Å². The van der Waals surface area contributed by atoms with Gasteiger partial charge < -0.3 is 14.8 Å². The van der Waals surface area contributed by atoms with Crippen LogP contribution in [0.5, 0.6) is 0 Å². The topological polar surface area (TPSA) is 125 Å². The molecule has 0 fully saturated rings. The number of rotatable bonds is 6. The number of benzene rings is 3. The number of halogens is 2. The van der Waals surface area contributed by atoms with Gasteiger partial charge in [-0.25, -0.2) is 33.9 Å². The Hall–Kier alpha value is -5.62. The molecule has 7 rings (SSSR count). The van der Waals surface area contributed by atoms with Crippen LogP contribution in [0.3, 0.4) is 0 Å². The third-order valence-corrected chi connectivity index (χ3v) is 7.11.